The largest absolute Gasteiger partial charge is 0.369 e. The lowest BCUT2D eigenvalue weighted by Crippen LogP contribution is -2.41. The van der Waals surface area contributed by atoms with Gasteiger partial charge in [-0.2, -0.15) is 0 Å². The number of carbonyl (C=O) groups excluding carboxylic acids is 3. The molecule has 1 atom stereocenters. The molecule has 1 unspecified atom stereocenters. The highest BCUT2D eigenvalue weighted by Gasteiger charge is 2.35. The van der Waals surface area contributed by atoms with Crippen LogP contribution in [0.1, 0.15) is 6.42 Å². The summed E-state index contributed by atoms with van der Waals surface area (Å²) in [4.78, 5) is 33.6. The van der Waals surface area contributed by atoms with Crippen LogP contribution in [0.4, 0.5) is 0 Å². The van der Waals surface area contributed by atoms with Gasteiger partial charge in [-0.3, -0.25) is 24.6 Å². The van der Waals surface area contributed by atoms with E-state index in [9.17, 15) is 14.4 Å². The van der Waals surface area contributed by atoms with Crippen LogP contribution in [0.2, 0.25) is 0 Å². The molecular weight excluding hydrogens is 174 g/mol. The number of likely N-dealkylation sites (N-methyl/N-ethyl adjacent to an activating group) is 1. The van der Waals surface area contributed by atoms with E-state index >= 15 is 0 Å². The van der Waals surface area contributed by atoms with Gasteiger partial charge in [-0.05, 0) is 0 Å². The molecule has 1 aliphatic heterocycles. The lowest BCUT2D eigenvalue weighted by molar-refractivity contribution is -0.137. The maximum atomic E-state index is 11.2. The predicted molar refractivity (Wildman–Crippen MR) is 43.4 cm³/mol. The second-order valence-electron chi connectivity index (χ2n) is 2.89. The van der Waals surface area contributed by atoms with Crippen molar-refractivity contribution < 1.29 is 14.4 Å². The highest BCUT2D eigenvalue weighted by atomic mass is 16.2. The van der Waals surface area contributed by atoms with Gasteiger partial charge in [0.1, 0.15) is 0 Å². The fourth-order valence-corrected chi connectivity index (χ4v) is 1.14. The lowest BCUT2D eigenvalue weighted by atomic mass is 10.2. The molecule has 0 bridgehead atoms. The predicted octanol–water partition coefficient (Wildman–Crippen LogP) is -2.18. The first-order valence-electron chi connectivity index (χ1n) is 3.84. The SMILES string of the molecule is CN1C(=O)CC(NCC(N)=O)C1=O. The average molecular weight is 185 g/mol. The Balaban J connectivity index is 2.49. The highest BCUT2D eigenvalue weighted by molar-refractivity contribution is 6.05. The maximum absolute atomic E-state index is 11.2. The molecule has 1 heterocycles. The Kier molecular flexibility index (Phi) is 2.62. The van der Waals surface area contributed by atoms with Gasteiger partial charge in [0.2, 0.25) is 17.7 Å². The number of nitrogens with zero attached hydrogens (tertiary/aromatic N) is 1. The summed E-state index contributed by atoms with van der Waals surface area (Å²) in [6, 6.07) is -0.593. The van der Waals surface area contributed by atoms with Crippen LogP contribution < -0.4 is 11.1 Å². The van der Waals surface area contributed by atoms with E-state index in [1.165, 1.54) is 7.05 Å². The molecule has 0 radical (unpaired) electrons. The minimum absolute atomic E-state index is 0.0858. The van der Waals surface area contributed by atoms with E-state index in [0.717, 1.165) is 4.90 Å². The topological polar surface area (TPSA) is 92.5 Å². The van der Waals surface area contributed by atoms with E-state index in [1.807, 2.05) is 0 Å². The molecule has 0 aromatic carbocycles. The number of hydrogen-bond acceptors (Lipinski definition) is 4. The highest BCUT2D eigenvalue weighted by Crippen LogP contribution is 2.09. The van der Waals surface area contributed by atoms with Gasteiger partial charge in [0.05, 0.1) is 19.0 Å². The molecule has 6 heteroatoms. The first-order chi connectivity index (χ1) is 6.02. The van der Waals surface area contributed by atoms with Gasteiger partial charge in [-0.15, -0.1) is 0 Å². The summed E-state index contributed by atoms with van der Waals surface area (Å²) in [6.45, 7) is -0.0858. The molecule has 6 nitrogen and oxygen atoms in total. The van der Waals surface area contributed by atoms with E-state index < -0.39 is 11.9 Å². The van der Waals surface area contributed by atoms with Crippen LogP contribution in [0, 0.1) is 0 Å². The summed E-state index contributed by atoms with van der Waals surface area (Å²) in [5.74, 6) is -1.10. The van der Waals surface area contributed by atoms with Crippen molar-refractivity contribution in [1.82, 2.24) is 10.2 Å². The van der Waals surface area contributed by atoms with Crippen LogP contribution >= 0.6 is 0 Å². The molecule has 0 saturated carbocycles. The van der Waals surface area contributed by atoms with E-state index in [4.69, 9.17) is 5.73 Å². The monoisotopic (exact) mass is 185 g/mol. The van der Waals surface area contributed by atoms with Gasteiger partial charge in [-0.1, -0.05) is 0 Å². The fourth-order valence-electron chi connectivity index (χ4n) is 1.14. The zero-order chi connectivity index (χ0) is 10.0. The Morgan fingerprint density at radius 2 is 2.31 bits per heavy atom. The normalized spacial score (nSPS) is 22.5. The zero-order valence-corrected chi connectivity index (χ0v) is 7.24. The molecule has 13 heavy (non-hydrogen) atoms. The van der Waals surface area contributed by atoms with E-state index in [0.29, 0.717) is 0 Å². The molecule has 72 valence electrons. The van der Waals surface area contributed by atoms with Crippen LogP contribution in [-0.2, 0) is 14.4 Å². The summed E-state index contributed by atoms with van der Waals surface area (Å²) in [5, 5.41) is 2.61. The van der Waals surface area contributed by atoms with Crippen molar-refractivity contribution in [3.63, 3.8) is 0 Å². The van der Waals surface area contributed by atoms with Crippen LogP contribution in [0.25, 0.3) is 0 Å². The van der Waals surface area contributed by atoms with Crippen LogP contribution in [0.15, 0.2) is 0 Å². The lowest BCUT2D eigenvalue weighted by Gasteiger charge is -2.08. The molecule has 3 N–H and O–H groups in total. The van der Waals surface area contributed by atoms with Gasteiger partial charge in [0.25, 0.3) is 0 Å². The van der Waals surface area contributed by atoms with Crippen molar-refractivity contribution in [1.29, 1.82) is 0 Å². The Morgan fingerprint density at radius 3 is 2.69 bits per heavy atom. The summed E-state index contributed by atoms with van der Waals surface area (Å²) in [7, 11) is 1.41. The van der Waals surface area contributed by atoms with E-state index in [1.54, 1.807) is 0 Å². The van der Waals surface area contributed by atoms with E-state index in [2.05, 4.69) is 5.32 Å². The van der Waals surface area contributed by atoms with Crippen molar-refractivity contribution >= 4 is 17.7 Å². The number of rotatable bonds is 3. The van der Waals surface area contributed by atoms with Gasteiger partial charge in [-0.25, -0.2) is 0 Å². The second kappa shape index (κ2) is 3.53. The molecule has 1 fully saturated rings. The zero-order valence-electron chi connectivity index (χ0n) is 7.24. The fraction of sp³-hybridized carbons (Fsp3) is 0.571. The minimum Gasteiger partial charge on any atom is -0.369 e. The first-order valence-corrected chi connectivity index (χ1v) is 3.84. The summed E-state index contributed by atoms with van der Waals surface area (Å²) < 4.78 is 0. The van der Waals surface area contributed by atoms with Crippen molar-refractivity contribution in [2.24, 2.45) is 5.73 Å². The molecule has 0 aromatic rings. The van der Waals surface area contributed by atoms with Gasteiger partial charge in [0.15, 0.2) is 0 Å². The second-order valence-corrected chi connectivity index (χ2v) is 2.89. The Labute approximate surface area is 75.1 Å². The van der Waals surface area contributed by atoms with Crippen molar-refractivity contribution in [3.05, 3.63) is 0 Å². The molecule has 1 saturated heterocycles. The third kappa shape index (κ3) is 2.03. The van der Waals surface area contributed by atoms with Gasteiger partial charge >= 0.3 is 0 Å². The van der Waals surface area contributed by atoms with Crippen LogP contribution in [-0.4, -0.2) is 42.3 Å². The Bertz CT molecular complexity index is 264. The van der Waals surface area contributed by atoms with Crippen LogP contribution in [0.3, 0.4) is 0 Å². The van der Waals surface area contributed by atoms with Gasteiger partial charge < -0.3 is 5.73 Å². The minimum atomic E-state index is -0.593. The quantitative estimate of drug-likeness (QED) is 0.489. The number of nitrogens with two attached hydrogens (primary N) is 1. The number of amides is 3. The standard InChI is InChI=1S/C7H11N3O3/c1-10-6(12)2-4(7(10)13)9-3-5(8)11/h4,9H,2-3H2,1H3,(H2,8,11). The number of carbonyl (C=O) groups is 3. The maximum Gasteiger partial charge on any atom is 0.246 e. The molecule has 0 aliphatic carbocycles. The van der Waals surface area contributed by atoms with E-state index in [-0.39, 0.29) is 24.8 Å². The van der Waals surface area contributed by atoms with Crippen LogP contribution in [0.5, 0.6) is 0 Å². The molecule has 1 aliphatic rings. The van der Waals surface area contributed by atoms with Crippen molar-refractivity contribution in [2.45, 2.75) is 12.5 Å². The van der Waals surface area contributed by atoms with Gasteiger partial charge in [0, 0.05) is 7.05 Å². The third-order valence-electron chi connectivity index (χ3n) is 1.90. The number of hydrogen-bond donors (Lipinski definition) is 2. The molecule has 0 aromatic heterocycles. The Morgan fingerprint density at radius 1 is 1.69 bits per heavy atom. The molecule has 0 spiro atoms. The average Bonchev–Trinajstić information content (AvgIpc) is 2.29. The van der Waals surface area contributed by atoms with Crippen molar-refractivity contribution in [2.75, 3.05) is 13.6 Å². The molecule has 3 amide bonds. The summed E-state index contributed by atoms with van der Waals surface area (Å²) in [5.41, 5.74) is 4.87. The number of likely N-dealkylation sites (tertiary alicyclic amines) is 1. The molecule has 1 rings (SSSR count). The summed E-state index contributed by atoms with van der Waals surface area (Å²) >= 11 is 0. The Hall–Kier alpha value is -1.43. The number of imide groups is 1. The summed E-state index contributed by atoms with van der Waals surface area (Å²) in [6.07, 6.45) is 0.0998. The number of primary amides is 1. The third-order valence-corrected chi connectivity index (χ3v) is 1.90. The first kappa shape index (κ1) is 9.66. The smallest absolute Gasteiger partial charge is 0.246 e. The van der Waals surface area contributed by atoms with Crippen molar-refractivity contribution in [3.8, 4) is 0 Å². The molecular formula is C7H11N3O3. The number of nitrogens with one attached hydrogen (secondary N) is 1.